The highest BCUT2D eigenvalue weighted by molar-refractivity contribution is 5.70. The summed E-state index contributed by atoms with van der Waals surface area (Å²) in [4.78, 5) is 37.4. The number of carboxylic acid groups (broad SMARTS) is 1. The predicted molar refractivity (Wildman–Crippen MR) is 315 cm³/mol. The Morgan fingerprint density at radius 2 is 0.760 bits per heavy atom. The molecule has 0 rings (SSSR count). The summed E-state index contributed by atoms with van der Waals surface area (Å²) in [5.41, 5.74) is 0. The molecule has 0 aliphatic rings. The topological polar surface area (TPSA) is 111 Å². The fraction of sp³-hybridized carbons (Fsp3) is 0.742. The van der Waals surface area contributed by atoms with E-state index in [4.69, 9.17) is 18.9 Å². The van der Waals surface area contributed by atoms with E-state index in [9.17, 15) is 19.5 Å². The molecule has 75 heavy (non-hydrogen) atoms. The first-order valence-corrected chi connectivity index (χ1v) is 30.7. The number of carboxylic acids is 1. The average Bonchev–Trinajstić information content (AvgIpc) is 3.38. The minimum Gasteiger partial charge on any atom is -0.545 e. The number of unbranched alkanes of at least 4 members (excludes halogenated alkanes) is 27. The van der Waals surface area contributed by atoms with Crippen LogP contribution in [0.5, 0.6) is 0 Å². The molecule has 0 saturated carbocycles. The Hall–Kier alpha value is -3.53. The minimum atomic E-state index is -1.63. The molecule has 9 heteroatoms. The summed E-state index contributed by atoms with van der Waals surface area (Å²) in [5.74, 6) is -2.29. The molecule has 0 aliphatic carbocycles. The van der Waals surface area contributed by atoms with E-state index in [2.05, 4.69) is 98.9 Å². The highest BCUT2D eigenvalue weighted by atomic mass is 16.7. The summed E-state index contributed by atoms with van der Waals surface area (Å²) in [6, 6.07) is 0. The third-order valence-electron chi connectivity index (χ3n) is 13.1. The first-order valence-electron chi connectivity index (χ1n) is 30.7. The Balaban J connectivity index is 4.20. The van der Waals surface area contributed by atoms with Gasteiger partial charge in [-0.2, -0.15) is 0 Å². The predicted octanol–water partition coefficient (Wildman–Crippen LogP) is 17.0. The van der Waals surface area contributed by atoms with Gasteiger partial charge in [0.25, 0.3) is 0 Å². The van der Waals surface area contributed by atoms with Crippen molar-refractivity contribution in [2.75, 3.05) is 47.5 Å². The minimum absolute atomic E-state index is 0.143. The Morgan fingerprint density at radius 1 is 0.413 bits per heavy atom. The van der Waals surface area contributed by atoms with Gasteiger partial charge in [-0.15, -0.1) is 0 Å². The molecule has 0 saturated heterocycles. The summed E-state index contributed by atoms with van der Waals surface area (Å²) in [5, 5.41) is 11.8. The van der Waals surface area contributed by atoms with Gasteiger partial charge in [-0.25, -0.2) is 0 Å². The Kier molecular flexibility index (Phi) is 54.0. The van der Waals surface area contributed by atoms with Gasteiger partial charge in [-0.3, -0.25) is 9.59 Å². The van der Waals surface area contributed by atoms with Gasteiger partial charge in [-0.05, 0) is 89.9 Å². The van der Waals surface area contributed by atoms with Gasteiger partial charge in [0.05, 0.1) is 40.3 Å². The molecule has 0 heterocycles. The van der Waals surface area contributed by atoms with Crippen LogP contribution >= 0.6 is 0 Å². The number of carbonyl (C=O) groups is 3. The molecular formula is C66H115NO8. The molecular weight excluding hydrogens is 935 g/mol. The first-order chi connectivity index (χ1) is 36.6. The number of carbonyl (C=O) groups excluding carboxylic acids is 3. The Labute approximate surface area is 461 Å². The lowest BCUT2D eigenvalue weighted by Gasteiger charge is -2.26. The van der Waals surface area contributed by atoms with Crippen LogP contribution in [0.2, 0.25) is 0 Å². The summed E-state index contributed by atoms with van der Waals surface area (Å²) in [7, 11) is 5.92. The fourth-order valence-electron chi connectivity index (χ4n) is 8.42. The van der Waals surface area contributed by atoms with Crippen LogP contribution in [0, 0.1) is 0 Å². The SMILES string of the molecule is CC/C=C\C/C=C\C/C=C\C/C=C\CCCCCCCCCCC(=O)OC(COC(=O)CCCCCCCCCCCCCCCC/C=C\C/C=C\C/C=C\CCCCCCC)COC(OCC[N+](C)(C)C)C(=O)[O-]. The molecule has 0 aromatic rings. The van der Waals surface area contributed by atoms with Crippen LogP contribution in [0.4, 0.5) is 0 Å². The number of quaternary nitrogens is 1. The number of nitrogens with zero attached hydrogens (tertiary/aromatic N) is 1. The third kappa shape index (κ3) is 58.0. The zero-order valence-electron chi connectivity index (χ0n) is 49.1. The van der Waals surface area contributed by atoms with Crippen molar-refractivity contribution in [3.05, 3.63) is 85.1 Å². The number of hydrogen-bond donors (Lipinski definition) is 0. The number of hydrogen-bond acceptors (Lipinski definition) is 8. The number of ether oxygens (including phenoxy) is 4. The molecule has 2 unspecified atom stereocenters. The molecule has 0 fully saturated rings. The Morgan fingerprint density at radius 3 is 1.13 bits per heavy atom. The molecule has 9 nitrogen and oxygen atoms in total. The van der Waals surface area contributed by atoms with Crippen LogP contribution in [0.1, 0.15) is 258 Å². The van der Waals surface area contributed by atoms with Crippen molar-refractivity contribution in [3.63, 3.8) is 0 Å². The monoisotopic (exact) mass is 1050 g/mol. The Bertz CT molecular complexity index is 1500. The zero-order chi connectivity index (χ0) is 54.8. The van der Waals surface area contributed by atoms with Gasteiger partial charge in [0.2, 0.25) is 0 Å². The van der Waals surface area contributed by atoms with Crippen molar-refractivity contribution in [2.45, 2.75) is 270 Å². The summed E-state index contributed by atoms with van der Waals surface area (Å²) in [6.45, 7) is 4.63. The van der Waals surface area contributed by atoms with E-state index < -0.39 is 24.3 Å². The normalized spacial score (nSPS) is 13.3. The van der Waals surface area contributed by atoms with Crippen LogP contribution < -0.4 is 5.11 Å². The van der Waals surface area contributed by atoms with Crippen LogP contribution in [-0.4, -0.2) is 82.3 Å². The molecule has 0 N–H and O–H groups in total. The highest BCUT2D eigenvalue weighted by Gasteiger charge is 2.22. The van der Waals surface area contributed by atoms with Crippen LogP contribution in [0.15, 0.2) is 85.1 Å². The second kappa shape index (κ2) is 56.7. The second-order valence-electron chi connectivity index (χ2n) is 21.6. The van der Waals surface area contributed by atoms with Gasteiger partial charge in [0.1, 0.15) is 13.2 Å². The number of likely N-dealkylation sites (N-methyl/N-ethyl adjacent to an activating group) is 1. The lowest BCUT2D eigenvalue weighted by atomic mass is 10.0. The lowest BCUT2D eigenvalue weighted by Crippen LogP contribution is -2.44. The maximum Gasteiger partial charge on any atom is 0.306 e. The second-order valence-corrected chi connectivity index (χ2v) is 21.6. The zero-order valence-corrected chi connectivity index (χ0v) is 49.1. The largest absolute Gasteiger partial charge is 0.545 e. The van der Waals surface area contributed by atoms with E-state index in [1.54, 1.807) is 0 Å². The molecule has 0 aromatic heterocycles. The van der Waals surface area contributed by atoms with Gasteiger partial charge >= 0.3 is 11.9 Å². The highest BCUT2D eigenvalue weighted by Crippen LogP contribution is 2.16. The van der Waals surface area contributed by atoms with E-state index >= 15 is 0 Å². The molecule has 2 atom stereocenters. The molecule has 0 aromatic carbocycles. The third-order valence-corrected chi connectivity index (χ3v) is 13.1. The number of rotatable bonds is 56. The standard InChI is InChI=1S/C66H115NO8/c1-6-8-10-12-14-16-18-20-22-24-26-28-29-30-31-32-33-34-35-37-38-40-42-44-46-48-50-52-54-56-63(68)73-60-62(61-74-66(65(70)71)72-59-58-67(3,4)5)75-64(69)57-55-53-51-49-47-45-43-41-39-36-27-25-23-21-19-17-15-13-11-9-7-2/h9,11,15,17-18,20-21,23-24,26-27,29-30,36,62,66H,6-8,10,12-14,16,19,22,25,28,31-35,37-61H2,1-5H3/b11-9-,17-15-,20-18-,23-21-,26-24-,30-29-,36-27-. The summed E-state index contributed by atoms with van der Waals surface area (Å²) < 4.78 is 22.7. The van der Waals surface area contributed by atoms with Crippen molar-refractivity contribution in [3.8, 4) is 0 Å². The number of esters is 2. The number of aliphatic carboxylic acids is 1. The van der Waals surface area contributed by atoms with Crippen molar-refractivity contribution in [1.29, 1.82) is 0 Å². The smallest absolute Gasteiger partial charge is 0.306 e. The van der Waals surface area contributed by atoms with Gasteiger partial charge in [0.15, 0.2) is 12.4 Å². The van der Waals surface area contributed by atoms with Crippen LogP contribution in [-0.2, 0) is 33.3 Å². The lowest BCUT2D eigenvalue weighted by molar-refractivity contribution is -0.870. The quantitative estimate of drug-likeness (QED) is 0.0195. The van der Waals surface area contributed by atoms with Crippen LogP contribution in [0.25, 0.3) is 0 Å². The van der Waals surface area contributed by atoms with E-state index in [1.807, 2.05) is 21.1 Å². The summed E-state index contributed by atoms with van der Waals surface area (Å²) >= 11 is 0. The molecule has 0 bridgehead atoms. The molecule has 0 spiro atoms. The van der Waals surface area contributed by atoms with Crippen LogP contribution in [0.3, 0.4) is 0 Å². The molecule has 0 aliphatic heterocycles. The fourth-order valence-corrected chi connectivity index (χ4v) is 8.42. The van der Waals surface area contributed by atoms with Crippen molar-refractivity contribution in [1.82, 2.24) is 0 Å². The van der Waals surface area contributed by atoms with Crippen molar-refractivity contribution in [2.24, 2.45) is 0 Å². The van der Waals surface area contributed by atoms with E-state index in [-0.39, 0.29) is 38.6 Å². The maximum atomic E-state index is 12.9. The van der Waals surface area contributed by atoms with E-state index in [0.717, 1.165) is 83.5 Å². The van der Waals surface area contributed by atoms with E-state index in [1.165, 1.54) is 141 Å². The number of allylic oxidation sites excluding steroid dienone is 14. The van der Waals surface area contributed by atoms with Crippen molar-refractivity contribution >= 4 is 17.9 Å². The molecule has 432 valence electrons. The van der Waals surface area contributed by atoms with Gasteiger partial charge in [0, 0.05) is 12.8 Å². The van der Waals surface area contributed by atoms with Gasteiger partial charge < -0.3 is 33.3 Å². The maximum absolute atomic E-state index is 12.9. The van der Waals surface area contributed by atoms with Crippen molar-refractivity contribution < 1.29 is 42.9 Å². The van der Waals surface area contributed by atoms with Gasteiger partial charge in [-0.1, -0.05) is 240 Å². The molecule has 0 amide bonds. The van der Waals surface area contributed by atoms with E-state index in [0.29, 0.717) is 17.4 Å². The molecule has 0 radical (unpaired) electrons. The summed E-state index contributed by atoms with van der Waals surface area (Å²) in [6.07, 6.45) is 72.1. The first kappa shape index (κ1) is 71.5. The average molecular weight is 1050 g/mol.